The zero-order chi connectivity index (χ0) is 30.5. The number of ketones is 1. The summed E-state index contributed by atoms with van der Waals surface area (Å²) in [6, 6.07) is 7.75. The normalized spacial score (nSPS) is 21.7. The molecule has 2 aromatic rings. The molecule has 2 heterocycles. The molecule has 2 N–H and O–H groups in total. The fourth-order valence-electron chi connectivity index (χ4n) is 5.64. The third kappa shape index (κ3) is 7.24. The Bertz CT molecular complexity index is 1480. The van der Waals surface area contributed by atoms with E-state index in [4.69, 9.17) is 4.74 Å². The third-order valence-corrected chi connectivity index (χ3v) is 9.01. The minimum Gasteiger partial charge on any atom is -0.481 e. The van der Waals surface area contributed by atoms with Crippen LogP contribution in [0.4, 0.5) is 18.9 Å². The number of hydrogen-bond acceptors (Lipinski definition) is 6. The van der Waals surface area contributed by atoms with Crippen LogP contribution in [0, 0.1) is 5.92 Å². The van der Waals surface area contributed by atoms with E-state index in [1.165, 1.54) is 12.1 Å². The number of carbonyl (C=O) groups excluding carboxylic acids is 1. The second kappa shape index (κ2) is 12.7. The lowest BCUT2D eigenvalue weighted by Crippen LogP contribution is -2.41. The summed E-state index contributed by atoms with van der Waals surface area (Å²) in [7, 11) is -4.30. The first kappa shape index (κ1) is 31.3. The number of Topliss-reactive ketones (excluding diaryl/α,β-unsaturated/α-hetero) is 1. The minimum atomic E-state index is -4.65. The summed E-state index contributed by atoms with van der Waals surface area (Å²) >= 11 is 0. The average molecular weight is 605 g/mol. The molecule has 226 valence electrons. The molecule has 2 unspecified atom stereocenters. The van der Waals surface area contributed by atoms with Crippen molar-refractivity contribution < 1.29 is 36.2 Å². The standard InChI is InChI=1S/C31H35F3N2O5S/c1-3-16-30(17-15-21-9-6-5-7-10-21)19-26(37)28(29(38)41-30)25(4-2)22-11-8-12-24(18-22)36-42(39,40)27-14-13-23(20-35-27)31(32,33)34/h5-9,11-14,18,20-21,25,36,38H,3-4,10,15-17,19H2,1-2H3/t21?,25-,30?/m1/s1. The van der Waals surface area contributed by atoms with Crippen molar-refractivity contribution in [3.05, 3.63) is 89.5 Å². The van der Waals surface area contributed by atoms with Gasteiger partial charge in [0.25, 0.3) is 16.0 Å². The first-order valence-corrected chi connectivity index (χ1v) is 15.5. The van der Waals surface area contributed by atoms with E-state index in [-0.39, 0.29) is 23.5 Å². The summed E-state index contributed by atoms with van der Waals surface area (Å²) in [4.78, 5) is 17.1. The van der Waals surface area contributed by atoms with E-state index in [1.807, 2.05) is 26.0 Å². The minimum absolute atomic E-state index is 0.131. The van der Waals surface area contributed by atoms with Gasteiger partial charge in [0.15, 0.2) is 10.8 Å². The largest absolute Gasteiger partial charge is 0.481 e. The molecule has 1 aliphatic heterocycles. The number of hydrogen-bond donors (Lipinski definition) is 2. The first-order chi connectivity index (χ1) is 19.9. The molecule has 3 atom stereocenters. The molecule has 0 amide bonds. The highest BCUT2D eigenvalue weighted by atomic mass is 32.2. The number of aliphatic hydroxyl groups is 1. The molecule has 0 spiro atoms. The lowest BCUT2D eigenvalue weighted by Gasteiger charge is -2.39. The number of anilines is 1. The van der Waals surface area contributed by atoms with Crippen molar-refractivity contribution in [2.45, 2.75) is 81.5 Å². The van der Waals surface area contributed by atoms with Crippen LogP contribution in [0.15, 0.2) is 83.4 Å². The molecule has 0 radical (unpaired) electrons. The van der Waals surface area contributed by atoms with Gasteiger partial charge in [0.1, 0.15) is 5.60 Å². The fourth-order valence-corrected chi connectivity index (χ4v) is 6.62. The van der Waals surface area contributed by atoms with Crippen molar-refractivity contribution in [3.63, 3.8) is 0 Å². The molecule has 2 aliphatic rings. The van der Waals surface area contributed by atoms with E-state index in [1.54, 1.807) is 12.1 Å². The molecular formula is C31H35F3N2O5S. The Labute approximate surface area is 244 Å². The van der Waals surface area contributed by atoms with Crippen molar-refractivity contribution in [2.24, 2.45) is 5.92 Å². The van der Waals surface area contributed by atoms with Crippen molar-refractivity contribution in [2.75, 3.05) is 4.72 Å². The molecule has 7 nitrogen and oxygen atoms in total. The van der Waals surface area contributed by atoms with Crippen LogP contribution in [0.2, 0.25) is 0 Å². The van der Waals surface area contributed by atoms with Crippen LogP contribution in [-0.4, -0.2) is 29.9 Å². The van der Waals surface area contributed by atoms with Crippen molar-refractivity contribution >= 4 is 21.5 Å². The Kier molecular flexibility index (Phi) is 9.50. The van der Waals surface area contributed by atoms with Crippen LogP contribution < -0.4 is 4.72 Å². The maximum atomic E-state index is 13.6. The Morgan fingerprint density at radius 2 is 1.95 bits per heavy atom. The number of halogens is 3. The number of rotatable bonds is 11. The summed E-state index contributed by atoms with van der Waals surface area (Å²) in [6.07, 6.45) is 8.43. The van der Waals surface area contributed by atoms with Gasteiger partial charge in [0, 0.05) is 17.8 Å². The van der Waals surface area contributed by atoms with E-state index < -0.39 is 44.3 Å². The predicted octanol–water partition coefficient (Wildman–Crippen LogP) is 7.61. The van der Waals surface area contributed by atoms with Gasteiger partial charge >= 0.3 is 6.18 Å². The van der Waals surface area contributed by atoms with Gasteiger partial charge in [0.2, 0.25) is 0 Å². The summed E-state index contributed by atoms with van der Waals surface area (Å²) in [5.41, 5.74) is -1.01. The Hall–Kier alpha value is -3.60. The molecule has 4 rings (SSSR count). The van der Waals surface area contributed by atoms with E-state index >= 15 is 0 Å². The van der Waals surface area contributed by atoms with Crippen LogP contribution >= 0.6 is 0 Å². The summed E-state index contributed by atoms with van der Waals surface area (Å²) in [5.74, 6) is -0.830. The van der Waals surface area contributed by atoms with Gasteiger partial charge in [-0.25, -0.2) is 4.98 Å². The maximum absolute atomic E-state index is 13.6. The number of carbonyl (C=O) groups is 1. The first-order valence-electron chi connectivity index (χ1n) is 14.0. The van der Waals surface area contributed by atoms with Crippen molar-refractivity contribution in [1.82, 2.24) is 4.98 Å². The van der Waals surface area contributed by atoms with Gasteiger partial charge < -0.3 is 9.84 Å². The number of nitrogens with one attached hydrogen (secondary N) is 1. The van der Waals surface area contributed by atoms with Crippen LogP contribution in [0.3, 0.4) is 0 Å². The number of pyridine rings is 1. The van der Waals surface area contributed by atoms with E-state index in [0.29, 0.717) is 43.0 Å². The number of alkyl halides is 3. The summed E-state index contributed by atoms with van der Waals surface area (Å²) < 4.78 is 72.8. The van der Waals surface area contributed by atoms with Crippen LogP contribution in [0.1, 0.15) is 75.8 Å². The number of allylic oxidation sites excluding steroid dienone is 5. The van der Waals surface area contributed by atoms with Crippen LogP contribution in [0.25, 0.3) is 0 Å². The van der Waals surface area contributed by atoms with Crippen LogP contribution in [-0.2, 0) is 25.7 Å². The van der Waals surface area contributed by atoms with Crippen molar-refractivity contribution in [1.29, 1.82) is 0 Å². The second-order valence-electron chi connectivity index (χ2n) is 10.8. The third-order valence-electron chi connectivity index (χ3n) is 7.71. The smallest absolute Gasteiger partial charge is 0.417 e. The highest BCUT2D eigenvalue weighted by Gasteiger charge is 2.43. The number of benzene rings is 1. The van der Waals surface area contributed by atoms with Gasteiger partial charge in [-0.05, 0) is 67.9 Å². The van der Waals surface area contributed by atoms with Crippen LogP contribution in [0.5, 0.6) is 0 Å². The molecule has 1 aliphatic carbocycles. The monoisotopic (exact) mass is 604 g/mol. The zero-order valence-corrected chi connectivity index (χ0v) is 24.3. The highest BCUT2D eigenvalue weighted by molar-refractivity contribution is 7.92. The highest BCUT2D eigenvalue weighted by Crippen LogP contribution is 2.43. The SMILES string of the molecule is CCCC1(CCC2C=CC=CC2)CC(=O)C([C@H](CC)c2cccc(NS(=O)(=O)c3ccc(C(F)(F)F)cn3)c2)=C(O)O1. The predicted molar refractivity (Wildman–Crippen MR) is 153 cm³/mol. The average Bonchev–Trinajstić information content (AvgIpc) is 2.94. The summed E-state index contributed by atoms with van der Waals surface area (Å²) in [6.45, 7) is 3.86. The molecule has 0 saturated carbocycles. The van der Waals surface area contributed by atoms with Gasteiger partial charge in [-0.2, -0.15) is 21.6 Å². The lowest BCUT2D eigenvalue weighted by atomic mass is 9.77. The molecule has 1 aromatic heterocycles. The summed E-state index contributed by atoms with van der Waals surface area (Å²) in [5, 5.41) is 10.5. The maximum Gasteiger partial charge on any atom is 0.417 e. The molecule has 11 heteroatoms. The molecule has 0 bridgehead atoms. The number of ether oxygens (including phenoxy) is 1. The molecular weight excluding hydrogens is 569 g/mol. The van der Waals surface area contributed by atoms with Gasteiger partial charge in [-0.15, -0.1) is 0 Å². The number of aromatic nitrogens is 1. The van der Waals surface area contributed by atoms with E-state index in [0.717, 1.165) is 25.3 Å². The number of nitrogens with zero attached hydrogens (tertiary/aromatic N) is 1. The number of sulfonamides is 1. The van der Waals surface area contributed by atoms with Gasteiger partial charge in [-0.1, -0.05) is 56.7 Å². The Balaban J connectivity index is 1.55. The Morgan fingerprint density at radius 3 is 2.55 bits per heavy atom. The lowest BCUT2D eigenvalue weighted by molar-refractivity contribution is -0.138. The molecule has 0 fully saturated rings. The molecule has 1 aromatic carbocycles. The zero-order valence-electron chi connectivity index (χ0n) is 23.5. The fraction of sp³-hybridized carbons (Fsp3) is 0.419. The van der Waals surface area contributed by atoms with E-state index in [9.17, 15) is 31.5 Å². The van der Waals surface area contributed by atoms with Gasteiger partial charge in [-0.3, -0.25) is 9.52 Å². The van der Waals surface area contributed by atoms with E-state index in [2.05, 4.69) is 21.9 Å². The Morgan fingerprint density at radius 1 is 1.17 bits per heavy atom. The topological polar surface area (TPSA) is 106 Å². The van der Waals surface area contributed by atoms with Crippen molar-refractivity contribution in [3.8, 4) is 0 Å². The quantitative estimate of drug-likeness (QED) is 0.274. The van der Waals surface area contributed by atoms with Gasteiger partial charge in [0.05, 0.1) is 17.6 Å². The molecule has 42 heavy (non-hydrogen) atoms. The number of aliphatic hydroxyl groups excluding tert-OH is 1. The second-order valence-corrected chi connectivity index (χ2v) is 12.4. The molecule has 0 saturated heterocycles.